The summed E-state index contributed by atoms with van der Waals surface area (Å²) in [6, 6.07) is 15.8. The van der Waals surface area contributed by atoms with E-state index in [-0.39, 0.29) is 11.9 Å². The van der Waals surface area contributed by atoms with Crippen LogP contribution in [0.25, 0.3) is 21.8 Å². The summed E-state index contributed by atoms with van der Waals surface area (Å²) in [4.78, 5) is 22.2. The first-order valence-electron chi connectivity index (χ1n) is 14.3. The first kappa shape index (κ1) is 35.3. The van der Waals surface area contributed by atoms with E-state index in [1.165, 1.54) is 0 Å². The van der Waals surface area contributed by atoms with E-state index in [1.54, 1.807) is 23.3 Å². The minimum Gasteiger partial charge on any atom is -0.466 e. The first-order chi connectivity index (χ1) is 19.1. The van der Waals surface area contributed by atoms with Gasteiger partial charge in [0.25, 0.3) is 0 Å². The van der Waals surface area contributed by atoms with Crippen molar-refractivity contribution in [2.45, 2.75) is 88.2 Å². The molecule has 1 N–H and O–H groups in total. The smallest absolute Gasteiger partial charge is 0.307 e. The molecule has 0 unspecified atom stereocenters. The van der Waals surface area contributed by atoms with Crippen LogP contribution in [0.4, 0.5) is 0 Å². The Hall–Kier alpha value is -3.68. The van der Waals surface area contributed by atoms with E-state index in [0.29, 0.717) is 43.4 Å². The van der Waals surface area contributed by atoms with Gasteiger partial charge in [-0.05, 0) is 29.9 Å². The number of benzene rings is 2. The van der Waals surface area contributed by atoms with Crippen molar-refractivity contribution in [2.75, 3.05) is 13.7 Å². The number of hydrogen-bond acceptors (Lipinski definition) is 5. The van der Waals surface area contributed by atoms with Crippen LogP contribution in [0.3, 0.4) is 0 Å². The van der Waals surface area contributed by atoms with Crippen LogP contribution < -0.4 is 5.32 Å². The highest BCUT2D eigenvalue weighted by Gasteiger charge is 2.04. The second-order valence-corrected chi connectivity index (χ2v) is 12.9. The average Bonchev–Trinajstić information content (AvgIpc) is 3.48. The number of aryl methyl sites for hydroxylation is 2. The molecule has 0 saturated carbocycles. The van der Waals surface area contributed by atoms with Gasteiger partial charge in [0.15, 0.2) is 0 Å². The third-order valence-electron chi connectivity index (χ3n) is 4.62. The van der Waals surface area contributed by atoms with Gasteiger partial charge in [0.05, 0.1) is 30.6 Å². The first-order valence-corrected chi connectivity index (χ1v) is 14.3. The van der Waals surface area contributed by atoms with E-state index in [0.717, 1.165) is 21.8 Å². The molecule has 0 aliphatic rings. The Morgan fingerprint density at radius 1 is 0.732 bits per heavy atom. The van der Waals surface area contributed by atoms with Gasteiger partial charge < -0.3 is 10.1 Å². The summed E-state index contributed by atoms with van der Waals surface area (Å²) in [7, 11) is 1.64. The predicted octanol–water partition coefficient (Wildman–Crippen LogP) is 7.27. The van der Waals surface area contributed by atoms with Gasteiger partial charge in [0, 0.05) is 43.2 Å². The maximum absolute atomic E-state index is 11.2. The van der Waals surface area contributed by atoms with Crippen LogP contribution in [0.1, 0.15) is 75.2 Å². The fraction of sp³-hybridized carbons (Fsp3) is 0.515. The van der Waals surface area contributed by atoms with Crippen molar-refractivity contribution in [1.29, 1.82) is 0 Å². The van der Waals surface area contributed by atoms with Crippen LogP contribution >= 0.6 is 0 Å². The van der Waals surface area contributed by atoms with Crippen LogP contribution in [0, 0.1) is 10.8 Å². The SMILES string of the molecule is CC(C)(C)C.CC(C)(C)C.CCOC(=O)CCn1cc2ccccc2n1.CNC(=O)CCn1cc2ccccc2n1. The molecule has 0 atom stereocenters. The number of hydrogen-bond donors (Lipinski definition) is 1. The van der Waals surface area contributed by atoms with Crippen molar-refractivity contribution in [2.24, 2.45) is 10.8 Å². The molecule has 0 spiro atoms. The molecule has 1 amide bonds. The summed E-state index contributed by atoms with van der Waals surface area (Å²) in [5, 5.41) is 13.5. The lowest BCUT2D eigenvalue weighted by molar-refractivity contribution is -0.143. The molecule has 8 heteroatoms. The normalized spacial score (nSPS) is 10.9. The number of esters is 1. The fourth-order valence-corrected chi connectivity index (χ4v) is 3.04. The summed E-state index contributed by atoms with van der Waals surface area (Å²) in [5.74, 6) is -0.142. The summed E-state index contributed by atoms with van der Waals surface area (Å²) >= 11 is 0. The number of ether oxygens (including phenoxy) is 1. The Bertz CT molecular complexity index is 1240. The molecule has 0 fully saturated rings. The Morgan fingerprint density at radius 3 is 1.49 bits per heavy atom. The average molecular weight is 566 g/mol. The molecule has 0 radical (unpaired) electrons. The summed E-state index contributed by atoms with van der Waals surface area (Å²) in [6.45, 7) is 20.9. The summed E-state index contributed by atoms with van der Waals surface area (Å²) in [6.07, 6.45) is 4.72. The van der Waals surface area contributed by atoms with Gasteiger partial charge in [-0.15, -0.1) is 0 Å². The third-order valence-corrected chi connectivity index (χ3v) is 4.62. The van der Waals surface area contributed by atoms with E-state index in [9.17, 15) is 9.59 Å². The minimum atomic E-state index is -0.179. The maximum atomic E-state index is 11.2. The number of nitrogens with zero attached hydrogens (tertiary/aromatic N) is 4. The highest BCUT2D eigenvalue weighted by atomic mass is 16.5. The van der Waals surface area contributed by atoms with Gasteiger partial charge in [-0.2, -0.15) is 10.2 Å². The largest absolute Gasteiger partial charge is 0.466 e. The lowest BCUT2D eigenvalue weighted by atomic mass is 10.0. The number of aromatic nitrogens is 4. The molecule has 4 aromatic rings. The van der Waals surface area contributed by atoms with E-state index < -0.39 is 0 Å². The van der Waals surface area contributed by atoms with Gasteiger partial charge >= 0.3 is 5.97 Å². The molecule has 2 aromatic heterocycles. The standard InChI is InChI=1S/C12H14N2O2.C11H13N3O.2C5H12/c1-2-16-12(15)7-8-14-9-10-5-3-4-6-11(10)13-14;1-12-11(15)6-7-14-8-9-4-2-3-5-10(9)13-14;2*1-5(2,3)4/h3-6,9H,2,7-8H2,1H3;2-5,8H,6-7H2,1H3,(H,12,15);2*1-4H3. The number of nitrogens with one attached hydrogen (secondary N) is 1. The molecule has 0 aliphatic heterocycles. The Labute approximate surface area is 246 Å². The topological polar surface area (TPSA) is 91.0 Å². The van der Waals surface area contributed by atoms with Crippen LogP contribution in [0.2, 0.25) is 0 Å². The molecule has 41 heavy (non-hydrogen) atoms. The fourth-order valence-electron chi connectivity index (χ4n) is 3.04. The second kappa shape index (κ2) is 17.2. The van der Waals surface area contributed by atoms with Crippen molar-refractivity contribution in [3.63, 3.8) is 0 Å². The van der Waals surface area contributed by atoms with E-state index in [1.807, 2.05) is 60.9 Å². The van der Waals surface area contributed by atoms with Crippen LogP contribution in [-0.2, 0) is 27.4 Å². The molecule has 2 heterocycles. The monoisotopic (exact) mass is 565 g/mol. The van der Waals surface area contributed by atoms with Crippen molar-refractivity contribution in [3.8, 4) is 0 Å². The van der Waals surface area contributed by atoms with Crippen molar-refractivity contribution in [1.82, 2.24) is 24.9 Å². The van der Waals surface area contributed by atoms with Gasteiger partial charge in [-0.3, -0.25) is 19.0 Å². The molecule has 0 aliphatic carbocycles. The van der Waals surface area contributed by atoms with Crippen LogP contribution in [0.5, 0.6) is 0 Å². The lowest BCUT2D eigenvalue weighted by Gasteiger charge is -2.05. The number of carbonyl (C=O) groups is 2. The number of amides is 1. The van der Waals surface area contributed by atoms with Gasteiger partial charge in [0.2, 0.25) is 5.91 Å². The van der Waals surface area contributed by atoms with Crippen LogP contribution in [0.15, 0.2) is 60.9 Å². The van der Waals surface area contributed by atoms with E-state index >= 15 is 0 Å². The zero-order chi connectivity index (χ0) is 31.1. The Kier molecular flexibility index (Phi) is 14.8. The predicted molar refractivity (Wildman–Crippen MR) is 170 cm³/mol. The van der Waals surface area contributed by atoms with E-state index in [4.69, 9.17) is 4.74 Å². The molecule has 4 rings (SSSR count). The van der Waals surface area contributed by atoms with Gasteiger partial charge in [-0.1, -0.05) is 91.8 Å². The van der Waals surface area contributed by atoms with E-state index in [2.05, 4.69) is 70.9 Å². The highest BCUT2D eigenvalue weighted by Crippen LogP contribution is 2.12. The number of carbonyl (C=O) groups excluding carboxylic acids is 2. The number of fused-ring (bicyclic) bond motifs is 2. The zero-order valence-electron chi connectivity index (χ0n) is 26.8. The van der Waals surface area contributed by atoms with Crippen molar-refractivity contribution in [3.05, 3.63) is 60.9 Å². The summed E-state index contributed by atoms with van der Waals surface area (Å²) in [5.41, 5.74) is 2.92. The third kappa shape index (κ3) is 17.6. The Balaban J connectivity index is 0.000000311. The quantitative estimate of drug-likeness (QED) is 0.238. The van der Waals surface area contributed by atoms with Gasteiger partial charge in [-0.25, -0.2) is 0 Å². The molecular weight excluding hydrogens is 514 g/mol. The molecular formula is C33H51N5O3. The zero-order valence-corrected chi connectivity index (χ0v) is 26.8. The molecule has 0 bridgehead atoms. The molecule has 0 saturated heterocycles. The minimum absolute atomic E-state index is 0.0366. The molecule has 8 nitrogen and oxygen atoms in total. The van der Waals surface area contributed by atoms with Crippen LogP contribution in [-0.4, -0.2) is 45.1 Å². The maximum Gasteiger partial charge on any atom is 0.307 e. The number of rotatable bonds is 7. The van der Waals surface area contributed by atoms with Gasteiger partial charge in [0.1, 0.15) is 0 Å². The lowest BCUT2D eigenvalue weighted by Crippen LogP contribution is -2.19. The Morgan fingerprint density at radius 2 is 1.12 bits per heavy atom. The highest BCUT2D eigenvalue weighted by molar-refractivity contribution is 5.78. The molecule has 226 valence electrons. The molecule has 2 aromatic carbocycles. The van der Waals surface area contributed by atoms with Crippen molar-refractivity contribution < 1.29 is 14.3 Å². The van der Waals surface area contributed by atoms with Crippen molar-refractivity contribution >= 4 is 33.7 Å². The second-order valence-electron chi connectivity index (χ2n) is 12.9. The summed E-state index contributed by atoms with van der Waals surface area (Å²) < 4.78 is 8.44.